The van der Waals surface area contributed by atoms with Crippen molar-refractivity contribution in [3.05, 3.63) is 65.3 Å². The van der Waals surface area contributed by atoms with Crippen molar-refractivity contribution in [1.29, 1.82) is 0 Å². The van der Waals surface area contributed by atoms with E-state index in [1.807, 2.05) is 13.0 Å². The Morgan fingerprint density at radius 2 is 1.97 bits per heavy atom. The van der Waals surface area contributed by atoms with Crippen LogP contribution in [0.5, 0.6) is 5.75 Å². The molecule has 3 unspecified atom stereocenters. The molecule has 1 aromatic carbocycles. The van der Waals surface area contributed by atoms with E-state index in [2.05, 4.69) is 24.3 Å². The zero-order chi connectivity index (χ0) is 25.1. The van der Waals surface area contributed by atoms with E-state index in [1.165, 1.54) is 18.7 Å². The molecule has 1 heterocycles. The van der Waals surface area contributed by atoms with Crippen LogP contribution in [0.4, 0.5) is 8.78 Å². The van der Waals surface area contributed by atoms with Crippen molar-refractivity contribution in [2.24, 2.45) is 5.92 Å². The highest BCUT2D eigenvalue weighted by atomic mass is 19.3. The van der Waals surface area contributed by atoms with Crippen molar-refractivity contribution in [2.45, 2.75) is 88.6 Å². The predicted molar refractivity (Wildman–Crippen MR) is 133 cm³/mol. The Balaban J connectivity index is 1.50. The van der Waals surface area contributed by atoms with Gasteiger partial charge in [0.05, 0.1) is 31.0 Å². The molecular formula is C29H38F2O4. The number of alkyl halides is 2. The molecule has 1 N–H and O–H groups in total. The maximum Gasteiger partial charge on any atom is 0.271 e. The molecule has 3 aliphatic rings. The van der Waals surface area contributed by atoms with Crippen LogP contribution in [0.25, 0.3) is 0 Å². The van der Waals surface area contributed by atoms with E-state index in [-0.39, 0.29) is 34.9 Å². The molecule has 1 aliphatic heterocycles. The van der Waals surface area contributed by atoms with Crippen molar-refractivity contribution in [1.82, 2.24) is 0 Å². The minimum atomic E-state index is -3.07. The lowest BCUT2D eigenvalue weighted by atomic mass is 9.71. The lowest BCUT2D eigenvalue weighted by Gasteiger charge is -2.49. The molecule has 1 aromatic rings. The van der Waals surface area contributed by atoms with Crippen LogP contribution in [0.3, 0.4) is 0 Å². The van der Waals surface area contributed by atoms with E-state index in [4.69, 9.17) is 14.2 Å². The quantitative estimate of drug-likeness (QED) is 0.459. The zero-order valence-electron chi connectivity index (χ0n) is 21.0. The Morgan fingerprint density at radius 3 is 2.66 bits per heavy atom. The molecule has 2 fully saturated rings. The normalized spacial score (nSPS) is 30.1. The van der Waals surface area contributed by atoms with Crippen LogP contribution in [-0.2, 0) is 15.4 Å². The molecule has 192 valence electrons. The number of allylic oxidation sites excluding steroid dienone is 5. The van der Waals surface area contributed by atoms with Crippen LogP contribution >= 0.6 is 0 Å². The molecule has 0 amide bonds. The van der Waals surface area contributed by atoms with Crippen molar-refractivity contribution in [2.75, 3.05) is 13.7 Å². The average molecular weight is 489 g/mol. The first-order chi connectivity index (χ1) is 16.7. The topological polar surface area (TPSA) is 47.9 Å². The van der Waals surface area contributed by atoms with Crippen molar-refractivity contribution in [3.63, 3.8) is 0 Å². The molecular weight excluding hydrogens is 450 g/mol. The summed E-state index contributed by atoms with van der Waals surface area (Å²) in [4.78, 5) is 0. The lowest BCUT2D eigenvalue weighted by molar-refractivity contribution is -0.181. The van der Waals surface area contributed by atoms with Crippen LogP contribution in [0.15, 0.2) is 54.2 Å². The summed E-state index contributed by atoms with van der Waals surface area (Å²) in [5, 5.41) is 11.2. The smallest absolute Gasteiger partial charge is 0.271 e. The second-order valence-electron chi connectivity index (χ2n) is 10.2. The van der Waals surface area contributed by atoms with Gasteiger partial charge in [-0.25, -0.2) is 8.78 Å². The van der Waals surface area contributed by atoms with E-state index in [0.29, 0.717) is 25.2 Å². The number of aliphatic hydroxyl groups is 1. The van der Waals surface area contributed by atoms with Gasteiger partial charge in [-0.15, -0.1) is 0 Å². The van der Waals surface area contributed by atoms with Crippen LogP contribution in [0, 0.1) is 5.92 Å². The van der Waals surface area contributed by atoms with Crippen molar-refractivity contribution >= 4 is 0 Å². The molecule has 0 bridgehead atoms. The first kappa shape index (κ1) is 26.1. The molecule has 4 nitrogen and oxygen atoms in total. The molecule has 3 atom stereocenters. The molecule has 1 saturated heterocycles. The van der Waals surface area contributed by atoms with Gasteiger partial charge in [-0.05, 0) is 68.2 Å². The number of ether oxygens (including phenoxy) is 3. The Morgan fingerprint density at radius 1 is 1.20 bits per heavy atom. The van der Waals surface area contributed by atoms with Crippen molar-refractivity contribution < 1.29 is 28.1 Å². The highest BCUT2D eigenvalue weighted by Gasteiger charge is 2.46. The van der Waals surface area contributed by atoms with Gasteiger partial charge in [0.2, 0.25) is 0 Å². The fraction of sp³-hybridized carbons (Fsp3) is 0.586. The minimum Gasteiger partial charge on any atom is -0.497 e. The summed E-state index contributed by atoms with van der Waals surface area (Å²) in [5.41, 5.74) is 1.07. The van der Waals surface area contributed by atoms with Gasteiger partial charge < -0.3 is 19.3 Å². The maximum absolute atomic E-state index is 14.4. The van der Waals surface area contributed by atoms with E-state index < -0.39 is 12.0 Å². The number of aliphatic hydroxyl groups excluding tert-OH is 1. The second-order valence-corrected chi connectivity index (χ2v) is 10.2. The largest absolute Gasteiger partial charge is 0.497 e. The Kier molecular flexibility index (Phi) is 8.14. The highest BCUT2D eigenvalue weighted by molar-refractivity contribution is 5.39. The minimum absolute atomic E-state index is 0.00106. The third kappa shape index (κ3) is 6.04. The zero-order valence-corrected chi connectivity index (χ0v) is 21.0. The first-order valence-corrected chi connectivity index (χ1v) is 12.8. The molecule has 0 aromatic heterocycles. The molecule has 1 saturated carbocycles. The predicted octanol–water partition coefficient (Wildman–Crippen LogP) is 6.80. The Hall–Kier alpha value is -2.02. The SMILES string of the molecule is CCOC1CC(C2=CC=CC=CC2)OC2(CCC(C(O)c3ccc(OC)cc3C(C)(F)F)CC2)C1. The van der Waals surface area contributed by atoms with Crippen LogP contribution in [0.1, 0.15) is 76.0 Å². The molecule has 0 radical (unpaired) electrons. The van der Waals surface area contributed by atoms with Gasteiger partial charge in [-0.2, -0.15) is 0 Å². The second kappa shape index (κ2) is 10.9. The molecule has 2 aliphatic carbocycles. The maximum atomic E-state index is 14.4. The van der Waals surface area contributed by atoms with Gasteiger partial charge in [-0.1, -0.05) is 36.4 Å². The number of rotatable bonds is 7. The monoisotopic (exact) mass is 488 g/mol. The van der Waals surface area contributed by atoms with E-state index >= 15 is 0 Å². The third-order valence-electron chi connectivity index (χ3n) is 7.75. The van der Waals surface area contributed by atoms with Crippen LogP contribution in [-0.4, -0.2) is 36.6 Å². The lowest BCUT2D eigenvalue weighted by Crippen LogP contribution is -2.49. The highest BCUT2D eigenvalue weighted by Crippen LogP contribution is 2.48. The van der Waals surface area contributed by atoms with Crippen LogP contribution in [0.2, 0.25) is 0 Å². The number of benzene rings is 1. The van der Waals surface area contributed by atoms with Gasteiger partial charge in [0.15, 0.2) is 0 Å². The first-order valence-electron chi connectivity index (χ1n) is 12.8. The summed E-state index contributed by atoms with van der Waals surface area (Å²) in [6, 6.07) is 4.56. The summed E-state index contributed by atoms with van der Waals surface area (Å²) < 4.78 is 46.8. The van der Waals surface area contributed by atoms with Crippen LogP contribution < -0.4 is 4.74 Å². The summed E-state index contributed by atoms with van der Waals surface area (Å²) in [6.07, 6.45) is 15.1. The number of halogens is 2. The van der Waals surface area contributed by atoms with Gasteiger partial charge in [0.25, 0.3) is 5.92 Å². The summed E-state index contributed by atoms with van der Waals surface area (Å²) in [7, 11) is 1.45. The summed E-state index contributed by atoms with van der Waals surface area (Å²) in [6.45, 7) is 3.56. The van der Waals surface area contributed by atoms with E-state index in [9.17, 15) is 13.9 Å². The number of methoxy groups -OCH3 is 1. The fourth-order valence-electron chi connectivity index (χ4n) is 5.92. The van der Waals surface area contributed by atoms with E-state index in [1.54, 1.807) is 12.1 Å². The summed E-state index contributed by atoms with van der Waals surface area (Å²) in [5.74, 6) is -2.81. The molecule has 35 heavy (non-hydrogen) atoms. The van der Waals surface area contributed by atoms with Gasteiger partial charge >= 0.3 is 0 Å². The van der Waals surface area contributed by atoms with Gasteiger partial charge in [0, 0.05) is 31.9 Å². The third-order valence-corrected chi connectivity index (χ3v) is 7.75. The molecule has 6 heteroatoms. The standard InChI is InChI=1S/C29H38F2O4/c1-4-34-23-18-26(20-9-7-5-6-8-10-20)35-29(19-23)15-13-21(14-16-29)27(32)24-12-11-22(33-3)17-25(24)28(2,30)31/h5-9,11-12,17,21,23,26-27,32H,4,10,13-16,18-19H2,1-3H3. The molecule has 1 spiro atoms. The van der Waals surface area contributed by atoms with Crippen molar-refractivity contribution in [3.8, 4) is 5.75 Å². The average Bonchev–Trinajstić information content (AvgIpc) is 3.13. The van der Waals surface area contributed by atoms with Gasteiger partial charge in [0.1, 0.15) is 5.75 Å². The fourth-order valence-corrected chi connectivity index (χ4v) is 5.92. The Labute approximate surface area is 207 Å². The summed E-state index contributed by atoms with van der Waals surface area (Å²) >= 11 is 0. The number of hydrogen-bond acceptors (Lipinski definition) is 4. The Bertz CT molecular complexity index is 954. The molecule has 4 rings (SSSR count). The van der Waals surface area contributed by atoms with E-state index in [0.717, 1.165) is 39.0 Å². The van der Waals surface area contributed by atoms with Gasteiger partial charge in [-0.3, -0.25) is 0 Å². The number of hydrogen-bond donors (Lipinski definition) is 1.